The van der Waals surface area contributed by atoms with Gasteiger partial charge in [0.05, 0.1) is 31.8 Å². The largest absolute Gasteiger partial charge is 0.496 e. The van der Waals surface area contributed by atoms with Crippen LogP contribution in [-0.2, 0) is 13.1 Å². The number of aliphatic hydroxyl groups is 1. The summed E-state index contributed by atoms with van der Waals surface area (Å²) in [4.78, 5) is 27.0. The molecule has 0 unspecified atom stereocenters. The number of methoxy groups -OCH3 is 1. The predicted octanol–water partition coefficient (Wildman–Crippen LogP) is 1.08. The number of anilines is 2. The summed E-state index contributed by atoms with van der Waals surface area (Å²) >= 11 is 0. The highest BCUT2D eigenvalue weighted by molar-refractivity contribution is 5.89. The third kappa shape index (κ3) is 6.60. The monoisotopic (exact) mass is 524 g/mol. The van der Waals surface area contributed by atoms with Gasteiger partial charge in [0.2, 0.25) is 5.95 Å². The molecule has 0 aliphatic carbocycles. The van der Waals surface area contributed by atoms with Crippen LogP contribution in [0.5, 0.6) is 5.75 Å². The first-order valence-electron chi connectivity index (χ1n) is 13.3. The number of hydrogen-bond acceptors (Lipinski definition) is 10. The van der Waals surface area contributed by atoms with Gasteiger partial charge in [0.1, 0.15) is 17.0 Å². The lowest BCUT2D eigenvalue weighted by Crippen LogP contribution is -2.47. The van der Waals surface area contributed by atoms with E-state index in [9.17, 15) is 9.90 Å². The molecule has 0 saturated carbocycles. The smallest absolute Gasteiger partial charge is 0.264 e. The van der Waals surface area contributed by atoms with Crippen LogP contribution in [0, 0.1) is 0 Å². The van der Waals surface area contributed by atoms with E-state index in [0.29, 0.717) is 29.8 Å². The van der Waals surface area contributed by atoms with Gasteiger partial charge >= 0.3 is 0 Å². The second kappa shape index (κ2) is 13.0. The third-order valence-electron chi connectivity index (χ3n) is 7.05. The van der Waals surface area contributed by atoms with Crippen LogP contribution in [0.4, 0.5) is 11.8 Å². The normalized spacial score (nSPS) is 15.6. The quantitative estimate of drug-likeness (QED) is 0.271. The van der Waals surface area contributed by atoms with Crippen LogP contribution in [0.1, 0.15) is 30.9 Å². The highest BCUT2D eigenvalue weighted by Crippen LogP contribution is 2.24. The van der Waals surface area contributed by atoms with Crippen molar-refractivity contribution < 1.29 is 9.84 Å². The molecule has 2 aromatic heterocycles. The van der Waals surface area contributed by atoms with Crippen LogP contribution in [0.3, 0.4) is 0 Å². The summed E-state index contributed by atoms with van der Waals surface area (Å²) in [5.41, 5.74) is 13.9. The van der Waals surface area contributed by atoms with Crippen molar-refractivity contribution in [2.45, 2.75) is 38.9 Å². The number of nitrogens with one attached hydrogen (secondary N) is 1. The van der Waals surface area contributed by atoms with E-state index < -0.39 is 0 Å². The zero-order chi connectivity index (χ0) is 27.1. The fourth-order valence-corrected chi connectivity index (χ4v) is 4.99. The lowest BCUT2D eigenvalue weighted by atomic mass is 10.1. The second-order valence-corrected chi connectivity index (χ2v) is 9.80. The van der Waals surface area contributed by atoms with Gasteiger partial charge in [0.15, 0.2) is 0 Å². The standard InChI is InChI=1S/C27H40N8O3/c1-3-4-21(18-36)30-25-24-22(31-27(29)32-25)7-9-35(26(24)37)17-20-6-5-19(15-23(20)38-2)16-34-13-11-33(10-8-28)12-14-34/h5-7,9,15,21,36H,3-4,8,10-14,16-18,28H2,1-2H3,(H3,29,30,31,32)/t21-/m0/s1. The molecule has 0 spiro atoms. The SMILES string of the molecule is CCC[C@@H](CO)Nc1nc(N)nc2ccn(Cc3ccc(CN4CCN(CCN)CC4)cc3OC)c(=O)c12. The summed E-state index contributed by atoms with van der Waals surface area (Å²) in [7, 11) is 1.65. The zero-order valence-electron chi connectivity index (χ0n) is 22.4. The van der Waals surface area contributed by atoms with E-state index in [1.54, 1.807) is 23.9 Å². The first kappa shape index (κ1) is 27.8. The number of nitrogens with two attached hydrogens (primary N) is 2. The van der Waals surface area contributed by atoms with Crippen LogP contribution >= 0.6 is 0 Å². The Hall–Kier alpha value is -3.25. The van der Waals surface area contributed by atoms with Gasteiger partial charge in [-0.3, -0.25) is 14.6 Å². The van der Waals surface area contributed by atoms with E-state index in [2.05, 4.69) is 37.2 Å². The Labute approximate surface area is 223 Å². The Morgan fingerprint density at radius 2 is 1.89 bits per heavy atom. The van der Waals surface area contributed by atoms with Crippen LogP contribution in [0.2, 0.25) is 0 Å². The van der Waals surface area contributed by atoms with Crippen LogP contribution in [0.25, 0.3) is 10.9 Å². The van der Waals surface area contributed by atoms with Crippen LogP contribution in [0.15, 0.2) is 35.3 Å². The number of benzene rings is 1. The van der Waals surface area contributed by atoms with E-state index in [0.717, 1.165) is 63.4 Å². The molecule has 1 aromatic carbocycles. The lowest BCUT2D eigenvalue weighted by Gasteiger charge is -2.34. The van der Waals surface area contributed by atoms with Crippen LogP contribution < -0.4 is 27.1 Å². The average Bonchev–Trinajstić information content (AvgIpc) is 2.91. The average molecular weight is 525 g/mol. The first-order valence-corrected chi connectivity index (χ1v) is 13.3. The maximum atomic E-state index is 13.6. The maximum Gasteiger partial charge on any atom is 0.264 e. The van der Waals surface area contributed by atoms with E-state index in [1.807, 2.05) is 13.0 Å². The number of hydrogen-bond donors (Lipinski definition) is 4. The molecule has 6 N–H and O–H groups in total. The molecular weight excluding hydrogens is 484 g/mol. The van der Waals surface area contributed by atoms with Gasteiger partial charge in [0.25, 0.3) is 5.56 Å². The number of nitrogen functional groups attached to an aromatic ring is 1. The number of piperazine rings is 1. The molecule has 1 saturated heterocycles. The van der Waals surface area contributed by atoms with Crippen LogP contribution in [-0.4, -0.2) is 88.5 Å². The van der Waals surface area contributed by atoms with E-state index in [1.165, 1.54) is 5.56 Å². The molecule has 0 radical (unpaired) electrons. The molecule has 1 fully saturated rings. The van der Waals surface area contributed by atoms with Gasteiger partial charge < -0.3 is 31.2 Å². The summed E-state index contributed by atoms with van der Waals surface area (Å²) in [6, 6.07) is 7.71. The lowest BCUT2D eigenvalue weighted by molar-refractivity contribution is 0.130. The molecule has 1 atom stereocenters. The molecule has 1 aliphatic heterocycles. The molecule has 3 heterocycles. The minimum Gasteiger partial charge on any atom is -0.496 e. The first-order chi connectivity index (χ1) is 18.4. The highest BCUT2D eigenvalue weighted by atomic mass is 16.5. The number of ether oxygens (including phenoxy) is 1. The van der Waals surface area contributed by atoms with Gasteiger partial charge in [0, 0.05) is 57.6 Å². The summed E-state index contributed by atoms with van der Waals surface area (Å²) in [5, 5.41) is 13.3. The van der Waals surface area contributed by atoms with E-state index in [4.69, 9.17) is 16.2 Å². The summed E-state index contributed by atoms with van der Waals surface area (Å²) < 4.78 is 7.34. The maximum absolute atomic E-state index is 13.6. The van der Waals surface area contributed by atoms with Crippen molar-refractivity contribution in [3.8, 4) is 5.75 Å². The molecular formula is C27H40N8O3. The van der Waals surface area contributed by atoms with Gasteiger partial charge in [-0.2, -0.15) is 4.98 Å². The fraction of sp³-hybridized carbons (Fsp3) is 0.519. The number of rotatable bonds is 12. The predicted molar refractivity (Wildman–Crippen MR) is 150 cm³/mol. The molecule has 3 aromatic rings. The molecule has 4 rings (SSSR count). The van der Waals surface area contributed by atoms with E-state index >= 15 is 0 Å². The van der Waals surface area contributed by atoms with Crippen molar-refractivity contribution in [2.24, 2.45) is 5.73 Å². The second-order valence-electron chi connectivity index (χ2n) is 9.80. The zero-order valence-corrected chi connectivity index (χ0v) is 22.4. The van der Waals surface area contributed by atoms with Gasteiger partial charge in [-0.25, -0.2) is 4.98 Å². The van der Waals surface area contributed by atoms with Crippen molar-refractivity contribution in [3.63, 3.8) is 0 Å². The van der Waals surface area contributed by atoms with Gasteiger partial charge in [-0.1, -0.05) is 25.5 Å². The third-order valence-corrected chi connectivity index (χ3v) is 7.05. The molecule has 11 nitrogen and oxygen atoms in total. The van der Waals surface area contributed by atoms with Crippen molar-refractivity contribution in [3.05, 3.63) is 51.9 Å². The Kier molecular flexibility index (Phi) is 9.51. The number of aromatic nitrogens is 3. The minimum atomic E-state index is -0.236. The Morgan fingerprint density at radius 1 is 1.13 bits per heavy atom. The van der Waals surface area contributed by atoms with Gasteiger partial charge in [-0.05, 0) is 24.1 Å². The van der Waals surface area contributed by atoms with Crippen molar-refractivity contribution in [2.75, 3.05) is 64.0 Å². The number of pyridine rings is 1. The van der Waals surface area contributed by atoms with Crippen molar-refractivity contribution >= 4 is 22.7 Å². The Balaban J connectivity index is 1.56. The number of nitrogens with zero attached hydrogens (tertiary/aromatic N) is 5. The molecule has 206 valence electrons. The topological polar surface area (TPSA) is 148 Å². The summed E-state index contributed by atoms with van der Waals surface area (Å²) in [5.74, 6) is 1.16. The highest BCUT2D eigenvalue weighted by Gasteiger charge is 2.18. The van der Waals surface area contributed by atoms with E-state index in [-0.39, 0.29) is 24.2 Å². The molecule has 0 bridgehead atoms. The molecule has 38 heavy (non-hydrogen) atoms. The van der Waals surface area contributed by atoms with Crippen molar-refractivity contribution in [1.29, 1.82) is 0 Å². The number of fused-ring (bicyclic) bond motifs is 1. The Morgan fingerprint density at radius 3 is 2.58 bits per heavy atom. The minimum absolute atomic E-state index is 0.0726. The molecule has 0 amide bonds. The molecule has 1 aliphatic rings. The fourth-order valence-electron chi connectivity index (χ4n) is 4.99. The van der Waals surface area contributed by atoms with Gasteiger partial charge in [-0.15, -0.1) is 0 Å². The Bertz CT molecular complexity index is 1270. The summed E-state index contributed by atoms with van der Waals surface area (Å²) in [6.45, 7) is 8.85. The van der Waals surface area contributed by atoms with Crippen molar-refractivity contribution in [1.82, 2.24) is 24.3 Å². The summed E-state index contributed by atoms with van der Waals surface area (Å²) in [6.07, 6.45) is 3.32. The molecule has 11 heteroatoms. The number of aliphatic hydroxyl groups excluding tert-OH is 1.